The molecule has 1 N–H and O–H groups in total. The number of rotatable bonds is 4. The number of nitrogens with one attached hydrogen (secondary N) is 1. The van der Waals surface area contributed by atoms with Crippen LogP contribution in [0.4, 0.5) is 0 Å². The van der Waals surface area contributed by atoms with Crippen molar-refractivity contribution in [1.82, 2.24) is 10.3 Å². The third kappa shape index (κ3) is 4.16. The zero-order chi connectivity index (χ0) is 31.6. The average Bonchev–Trinajstić information content (AvgIpc) is 3.73. The zero-order valence-electron chi connectivity index (χ0n) is 25.6. The number of furan rings is 2. The van der Waals surface area contributed by atoms with Crippen molar-refractivity contribution in [3.8, 4) is 11.1 Å². The van der Waals surface area contributed by atoms with Crippen LogP contribution in [0.2, 0.25) is 0 Å². The van der Waals surface area contributed by atoms with Gasteiger partial charge < -0.3 is 14.2 Å². The van der Waals surface area contributed by atoms with Crippen LogP contribution in [-0.2, 0) is 0 Å². The second-order valence-corrected chi connectivity index (χ2v) is 12.1. The molecule has 0 amide bonds. The molecule has 48 heavy (non-hydrogen) atoms. The van der Waals surface area contributed by atoms with E-state index >= 15 is 0 Å². The fraction of sp³-hybridized carbons (Fsp3) is 0.0238. The first-order chi connectivity index (χ1) is 23.8. The monoisotopic (exact) mass is 618 g/mol. The molecule has 0 aliphatic carbocycles. The van der Waals surface area contributed by atoms with E-state index in [2.05, 4.69) is 89.2 Å². The first kappa shape index (κ1) is 26.7. The molecule has 1 unspecified atom stereocenters. The topological polar surface area (TPSA) is 75.9 Å². The lowest BCUT2D eigenvalue weighted by Gasteiger charge is -2.24. The van der Waals surface area contributed by atoms with Crippen LogP contribution in [0.5, 0.6) is 0 Å². The fourth-order valence-electron chi connectivity index (χ4n) is 6.95. The average molecular weight is 619 g/mol. The highest BCUT2D eigenvalue weighted by Crippen LogP contribution is 2.44. The van der Waals surface area contributed by atoms with Gasteiger partial charge in [0, 0.05) is 61.8 Å². The number of benzene rings is 6. The minimum atomic E-state index is -0.431. The number of aromatic nitrogens is 1. The van der Waals surface area contributed by atoms with E-state index in [1.165, 1.54) is 5.39 Å². The molecule has 0 saturated carbocycles. The molecular formula is C42H26N4O2. The Morgan fingerprint density at radius 2 is 1.29 bits per heavy atom. The summed E-state index contributed by atoms with van der Waals surface area (Å²) < 4.78 is 13.3. The van der Waals surface area contributed by atoms with Crippen molar-refractivity contribution >= 4 is 66.3 Å². The number of fused-ring (bicyclic) bond motifs is 7. The van der Waals surface area contributed by atoms with E-state index in [-0.39, 0.29) is 0 Å². The van der Waals surface area contributed by atoms with Crippen LogP contribution >= 0.6 is 0 Å². The first-order valence-electron chi connectivity index (χ1n) is 16.0. The third-order valence-electron chi connectivity index (χ3n) is 9.22. The molecule has 4 heterocycles. The molecule has 1 atom stereocenters. The van der Waals surface area contributed by atoms with Crippen LogP contribution in [0.25, 0.3) is 65.8 Å². The Morgan fingerprint density at radius 3 is 2.12 bits per heavy atom. The SMILES string of the molecule is c1ccc(C2=NC(c3ccc(-c4cccc5c4oc4cc6ccccc6cc45)c4oc5ccncc5c34)NC(c3ccccc3)=N2)cc1. The molecule has 9 aromatic rings. The van der Waals surface area contributed by atoms with Crippen LogP contribution in [0.3, 0.4) is 0 Å². The summed E-state index contributed by atoms with van der Waals surface area (Å²) in [6.07, 6.45) is 3.21. The molecule has 226 valence electrons. The van der Waals surface area contributed by atoms with Crippen LogP contribution in [0.15, 0.2) is 165 Å². The van der Waals surface area contributed by atoms with Gasteiger partial charge in [-0.1, -0.05) is 115 Å². The molecule has 6 heteroatoms. The molecule has 3 aromatic heterocycles. The second kappa shape index (κ2) is 10.5. The second-order valence-electron chi connectivity index (χ2n) is 12.1. The Bertz CT molecular complexity index is 2760. The van der Waals surface area contributed by atoms with Crippen molar-refractivity contribution in [3.05, 3.63) is 163 Å². The minimum Gasteiger partial charge on any atom is -0.455 e. The maximum absolute atomic E-state index is 6.69. The van der Waals surface area contributed by atoms with Crippen LogP contribution < -0.4 is 5.32 Å². The maximum Gasteiger partial charge on any atom is 0.159 e. The van der Waals surface area contributed by atoms with Gasteiger partial charge in [-0.15, -0.1) is 0 Å². The number of para-hydroxylation sites is 1. The Balaban J connectivity index is 1.20. The molecule has 0 radical (unpaired) electrons. The van der Waals surface area contributed by atoms with Gasteiger partial charge in [0.2, 0.25) is 0 Å². The van der Waals surface area contributed by atoms with Gasteiger partial charge >= 0.3 is 0 Å². The summed E-state index contributed by atoms with van der Waals surface area (Å²) in [5.74, 6) is 1.43. The Labute approximate surface area is 274 Å². The van der Waals surface area contributed by atoms with Crippen LogP contribution in [0, 0.1) is 0 Å². The number of pyridine rings is 1. The van der Waals surface area contributed by atoms with E-state index in [0.29, 0.717) is 5.84 Å². The first-order valence-corrected chi connectivity index (χ1v) is 16.0. The molecule has 6 aromatic carbocycles. The van der Waals surface area contributed by atoms with E-state index in [0.717, 1.165) is 82.9 Å². The smallest absolute Gasteiger partial charge is 0.159 e. The largest absolute Gasteiger partial charge is 0.455 e. The van der Waals surface area contributed by atoms with E-state index in [4.69, 9.17) is 18.8 Å². The summed E-state index contributed by atoms with van der Waals surface area (Å²) in [4.78, 5) is 14.7. The molecule has 6 nitrogen and oxygen atoms in total. The highest BCUT2D eigenvalue weighted by molar-refractivity contribution is 6.18. The van der Waals surface area contributed by atoms with E-state index in [1.807, 2.05) is 60.8 Å². The molecule has 1 aliphatic heterocycles. The highest BCUT2D eigenvalue weighted by atomic mass is 16.3. The molecule has 0 bridgehead atoms. The lowest BCUT2D eigenvalue weighted by atomic mass is 9.96. The van der Waals surface area contributed by atoms with Gasteiger partial charge in [-0.2, -0.15) is 0 Å². The van der Waals surface area contributed by atoms with E-state index in [9.17, 15) is 0 Å². The van der Waals surface area contributed by atoms with Gasteiger partial charge in [-0.05, 0) is 29.0 Å². The zero-order valence-corrected chi connectivity index (χ0v) is 25.6. The normalized spacial score (nSPS) is 14.9. The Morgan fingerprint density at radius 1 is 0.562 bits per heavy atom. The van der Waals surface area contributed by atoms with E-state index in [1.54, 1.807) is 6.20 Å². The number of amidine groups is 2. The molecule has 0 fully saturated rings. The lowest BCUT2D eigenvalue weighted by Crippen LogP contribution is -2.33. The number of hydrogen-bond donors (Lipinski definition) is 1. The number of nitrogens with zero attached hydrogens (tertiary/aromatic N) is 3. The molecule has 10 rings (SSSR count). The summed E-state index contributed by atoms with van der Waals surface area (Å²) in [7, 11) is 0. The lowest BCUT2D eigenvalue weighted by molar-refractivity contribution is 0.660. The maximum atomic E-state index is 6.69. The highest BCUT2D eigenvalue weighted by Gasteiger charge is 2.27. The number of hydrogen-bond acceptors (Lipinski definition) is 6. The van der Waals surface area contributed by atoms with Crippen molar-refractivity contribution in [1.29, 1.82) is 0 Å². The molecule has 0 spiro atoms. The van der Waals surface area contributed by atoms with Crippen molar-refractivity contribution in [3.63, 3.8) is 0 Å². The summed E-state index contributed by atoms with van der Waals surface area (Å²) >= 11 is 0. The van der Waals surface area contributed by atoms with Crippen LogP contribution in [0.1, 0.15) is 22.9 Å². The molecule has 1 aliphatic rings. The quantitative estimate of drug-likeness (QED) is 0.213. The summed E-state index contributed by atoms with van der Waals surface area (Å²) in [5.41, 5.74) is 8.03. The van der Waals surface area contributed by atoms with Crippen molar-refractivity contribution in [2.45, 2.75) is 6.17 Å². The summed E-state index contributed by atoms with van der Waals surface area (Å²) in [6, 6.07) is 45.5. The summed E-state index contributed by atoms with van der Waals surface area (Å²) in [6.45, 7) is 0. The molecular weight excluding hydrogens is 592 g/mol. The molecule has 0 saturated heterocycles. The third-order valence-corrected chi connectivity index (χ3v) is 9.22. The van der Waals surface area contributed by atoms with Gasteiger partial charge in [-0.25, -0.2) is 9.98 Å². The van der Waals surface area contributed by atoms with Gasteiger partial charge in [0.1, 0.15) is 34.3 Å². The van der Waals surface area contributed by atoms with Gasteiger partial charge in [0.15, 0.2) is 5.84 Å². The minimum absolute atomic E-state index is 0.431. The van der Waals surface area contributed by atoms with Crippen molar-refractivity contribution in [2.75, 3.05) is 0 Å². The van der Waals surface area contributed by atoms with Gasteiger partial charge in [0.25, 0.3) is 0 Å². The van der Waals surface area contributed by atoms with E-state index < -0.39 is 6.17 Å². The predicted molar refractivity (Wildman–Crippen MR) is 194 cm³/mol. The van der Waals surface area contributed by atoms with Crippen LogP contribution in [-0.4, -0.2) is 16.7 Å². The number of aliphatic imine (C=N–C) groups is 2. The van der Waals surface area contributed by atoms with Gasteiger partial charge in [-0.3, -0.25) is 4.98 Å². The van der Waals surface area contributed by atoms with Crippen molar-refractivity contribution < 1.29 is 8.83 Å². The Kier molecular flexibility index (Phi) is 5.84. The Hall–Kier alpha value is -6.53. The van der Waals surface area contributed by atoms with Gasteiger partial charge in [0.05, 0.1) is 0 Å². The van der Waals surface area contributed by atoms with Crippen molar-refractivity contribution in [2.24, 2.45) is 9.98 Å². The predicted octanol–water partition coefficient (Wildman–Crippen LogP) is 10.2. The standard InChI is InChI=1S/C42H26N4O2/c1-3-10-25(11-4-1)40-44-41(26-12-5-2-6-13-26)46-42(45-40)32-19-18-31(39-37(32)34-24-43-21-20-35(34)47-39)29-16-9-17-30-33-22-27-14-7-8-15-28(27)23-36(33)48-38(29)30/h1-24,42H,(H,44,45,46). The summed E-state index contributed by atoms with van der Waals surface area (Å²) in [5, 5.41) is 10.0. The fourth-order valence-corrected chi connectivity index (χ4v) is 6.95.